The lowest BCUT2D eigenvalue weighted by Gasteiger charge is -2.20. The van der Waals surface area contributed by atoms with Crippen LogP contribution in [0, 0.1) is 0 Å². The maximum atomic E-state index is 12.1. The quantitative estimate of drug-likeness (QED) is 0.429. The topological polar surface area (TPSA) is 102 Å². The smallest absolute Gasteiger partial charge is 0.410 e. The first-order chi connectivity index (χ1) is 12.8. The number of carbonyl (C=O) groups is 3. The highest BCUT2D eigenvalue weighted by Crippen LogP contribution is 2.21. The highest BCUT2D eigenvalue weighted by molar-refractivity contribution is 6.30. The zero-order valence-corrected chi connectivity index (χ0v) is 16.3. The Morgan fingerprint density at radius 1 is 1.11 bits per heavy atom. The number of carboxylic acids is 1. The zero-order chi connectivity index (χ0) is 20.2. The molecule has 7 nitrogen and oxygen atoms in total. The molecule has 1 amide bonds. The molecule has 1 aromatic rings. The molecule has 0 fully saturated rings. The molecule has 0 aliphatic rings. The number of hydrogen-bond acceptors (Lipinski definition) is 5. The maximum Gasteiger partial charge on any atom is 0.410 e. The van der Waals surface area contributed by atoms with Crippen LogP contribution in [-0.4, -0.2) is 36.0 Å². The van der Waals surface area contributed by atoms with Crippen molar-refractivity contribution in [2.24, 2.45) is 0 Å². The summed E-state index contributed by atoms with van der Waals surface area (Å²) >= 11 is 5.85. The predicted octanol–water partition coefficient (Wildman–Crippen LogP) is 4.09. The van der Waals surface area contributed by atoms with E-state index in [1.165, 1.54) is 0 Å². The first-order valence-electron chi connectivity index (χ1n) is 8.96. The third-order valence-corrected chi connectivity index (χ3v) is 3.99. The van der Waals surface area contributed by atoms with Gasteiger partial charge in [0.1, 0.15) is 0 Å². The molecule has 2 N–H and O–H groups in total. The van der Waals surface area contributed by atoms with E-state index in [0.29, 0.717) is 24.3 Å². The fourth-order valence-corrected chi connectivity index (χ4v) is 2.53. The number of esters is 1. The van der Waals surface area contributed by atoms with Gasteiger partial charge in [-0.3, -0.25) is 9.59 Å². The van der Waals surface area contributed by atoms with Gasteiger partial charge in [0.25, 0.3) is 0 Å². The summed E-state index contributed by atoms with van der Waals surface area (Å²) in [5.41, 5.74) is 0.738. The van der Waals surface area contributed by atoms with Crippen LogP contribution in [-0.2, 0) is 19.1 Å². The van der Waals surface area contributed by atoms with E-state index in [-0.39, 0.29) is 19.4 Å². The Kier molecular flexibility index (Phi) is 10.3. The summed E-state index contributed by atoms with van der Waals surface area (Å²) in [7, 11) is 0. The molecule has 0 saturated heterocycles. The van der Waals surface area contributed by atoms with Gasteiger partial charge in [-0.15, -0.1) is 0 Å². The van der Waals surface area contributed by atoms with Gasteiger partial charge in [-0.05, 0) is 30.5 Å². The standard InChI is InChI=1S/C19H26ClNO6/c1-3-5-17(24)26-18(6-4-2)27-19(25)21-12-14(11-16(22)23)13-7-9-15(20)10-8-13/h7-10,14,18H,3-6,11-12H2,1-2H3,(H,21,25)(H,22,23)/t14-,18?/m0/s1. The number of halogens is 1. The van der Waals surface area contributed by atoms with Gasteiger partial charge in [0, 0.05) is 30.3 Å². The molecule has 2 atom stereocenters. The van der Waals surface area contributed by atoms with E-state index in [1.54, 1.807) is 24.3 Å². The van der Waals surface area contributed by atoms with E-state index in [2.05, 4.69) is 5.32 Å². The average Bonchev–Trinajstić information content (AvgIpc) is 2.59. The summed E-state index contributed by atoms with van der Waals surface area (Å²) in [6.45, 7) is 3.79. The molecule has 0 bridgehead atoms. The van der Waals surface area contributed by atoms with Crippen LogP contribution in [0.5, 0.6) is 0 Å². The minimum absolute atomic E-state index is 0.0640. The van der Waals surface area contributed by atoms with Crippen LogP contribution in [0.4, 0.5) is 4.79 Å². The zero-order valence-electron chi connectivity index (χ0n) is 15.6. The third-order valence-electron chi connectivity index (χ3n) is 3.74. The van der Waals surface area contributed by atoms with Crippen LogP contribution >= 0.6 is 11.6 Å². The van der Waals surface area contributed by atoms with E-state index in [4.69, 9.17) is 26.2 Å². The van der Waals surface area contributed by atoms with Gasteiger partial charge in [-0.2, -0.15) is 0 Å². The molecule has 1 rings (SSSR count). The summed E-state index contributed by atoms with van der Waals surface area (Å²) in [4.78, 5) is 34.8. The molecule has 1 aromatic carbocycles. The lowest BCUT2D eigenvalue weighted by molar-refractivity contribution is -0.168. The second-order valence-corrected chi connectivity index (χ2v) is 6.53. The van der Waals surface area contributed by atoms with Gasteiger partial charge in [0.2, 0.25) is 6.29 Å². The van der Waals surface area contributed by atoms with Gasteiger partial charge in [-0.1, -0.05) is 37.6 Å². The Bertz CT molecular complexity index is 619. The number of rotatable bonds is 11. The Hall–Kier alpha value is -2.28. The Morgan fingerprint density at radius 3 is 2.33 bits per heavy atom. The summed E-state index contributed by atoms with van der Waals surface area (Å²) < 4.78 is 10.3. The number of aliphatic carboxylic acids is 1. The van der Waals surface area contributed by atoms with Crippen molar-refractivity contribution in [3.63, 3.8) is 0 Å². The van der Waals surface area contributed by atoms with Crippen molar-refractivity contribution in [3.8, 4) is 0 Å². The minimum Gasteiger partial charge on any atom is -0.481 e. The van der Waals surface area contributed by atoms with Crippen molar-refractivity contribution in [2.45, 2.75) is 58.2 Å². The monoisotopic (exact) mass is 399 g/mol. The van der Waals surface area contributed by atoms with E-state index in [0.717, 1.165) is 5.56 Å². The van der Waals surface area contributed by atoms with Gasteiger partial charge in [0.15, 0.2) is 0 Å². The van der Waals surface area contributed by atoms with E-state index >= 15 is 0 Å². The number of nitrogens with one attached hydrogen (secondary N) is 1. The molecule has 150 valence electrons. The second-order valence-electron chi connectivity index (χ2n) is 6.09. The lowest BCUT2D eigenvalue weighted by Crippen LogP contribution is -2.34. The molecular weight excluding hydrogens is 374 g/mol. The first kappa shape index (κ1) is 22.8. The van der Waals surface area contributed by atoms with Gasteiger partial charge >= 0.3 is 18.0 Å². The van der Waals surface area contributed by atoms with Gasteiger partial charge in [-0.25, -0.2) is 4.79 Å². The Morgan fingerprint density at radius 2 is 1.78 bits per heavy atom. The molecule has 0 saturated carbocycles. The van der Waals surface area contributed by atoms with Crippen LogP contribution in [0.1, 0.15) is 57.4 Å². The minimum atomic E-state index is -0.984. The van der Waals surface area contributed by atoms with Crippen molar-refractivity contribution < 1.29 is 29.0 Å². The number of carbonyl (C=O) groups excluding carboxylic acids is 2. The van der Waals surface area contributed by atoms with Crippen molar-refractivity contribution in [1.82, 2.24) is 5.32 Å². The number of hydrogen-bond donors (Lipinski definition) is 2. The average molecular weight is 400 g/mol. The number of benzene rings is 1. The second kappa shape index (κ2) is 12.2. The molecule has 8 heteroatoms. The van der Waals surface area contributed by atoms with Crippen molar-refractivity contribution in [3.05, 3.63) is 34.9 Å². The van der Waals surface area contributed by atoms with Gasteiger partial charge in [0.05, 0.1) is 6.42 Å². The predicted molar refractivity (Wildman–Crippen MR) is 101 cm³/mol. The first-order valence-corrected chi connectivity index (χ1v) is 9.34. The number of alkyl carbamates (subject to hydrolysis) is 1. The lowest BCUT2D eigenvalue weighted by atomic mass is 9.96. The van der Waals surface area contributed by atoms with Crippen LogP contribution in [0.25, 0.3) is 0 Å². The Balaban J connectivity index is 2.64. The largest absolute Gasteiger partial charge is 0.481 e. The molecule has 27 heavy (non-hydrogen) atoms. The highest BCUT2D eigenvalue weighted by Gasteiger charge is 2.20. The summed E-state index contributed by atoms with van der Waals surface area (Å²) in [5, 5.41) is 12.2. The fourth-order valence-electron chi connectivity index (χ4n) is 2.41. The highest BCUT2D eigenvalue weighted by atomic mass is 35.5. The van der Waals surface area contributed by atoms with Crippen LogP contribution < -0.4 is 5.32 Å². The maximum absolute atomic E-state index is 12.1. The summed E-state index contributed by atoms with van der Waals surface area (Å²) in [6, 6.07) is 6.76. The number of ether oxygens (including phenoxy) is 2. The molecule has 0 aliphatic heterocycles. The summed E-state index contributed by atoms with van der Waals surface area (Å²) in [6.07, 6.45) is 0.0722. The van der Waals surface area contributed by atoms with Crippen molar-refractivity contribution in [1.29, 1.82) is 0 Å². The number of carboxylic acid groups (broad SMARTS) is 1. The van der Waals surface area contributed by atoms with E-state index in [9.17, 15) is 14.4 Å². The molecule has 1 unspecified atom stereocenters. The fraction of sp³-hybridized carbons (Fsp3) is 0.526. The molecule has 0 aliphatic carbocycles. The van der Waals surface area contributed by atoms with Crippen molar-refractivity contribution >= 4 is 29.6 Å². The van der Waals surface area contributed by atoms with Crippen LogP contribution in [0.15, 0.2) is 24.3 Å². The SMILES string of the molecule is CCCC(=O)OC(CCC)OC(=O)NC[C@H](CC(=O)O)c1ccc(Cl)cc1. The van der Waals surface area contributed by atoms with Crippen LogP contribution in [0.2, 0.25) is 5.02 Å². The summed E-state index contributed by atoms with van der Waals surface area (Å²) in [5.74, 6) is -1.85. The van der Waals surface area contributed by atoms with Crippen molar-refractivity contribution in [2.75, 3.05) is 6.54 Å². The number of amides is 1. The normalized spacial score (nSPS) is 12.7. The van der Waals surface area contributed by atoms with Gasteiger partial charge < -0.3 is 19.9 Å². The Labute approximate surface area is 164 Å². The molecule has 0 heterocycles. The molecule has 0 spiro atoms. The van der Waals surface area contributed by atoms with Crippen LogP contribution in [0.3, 0.4) is 0 Å². The molecular formula is C19H26ClNO6. The molecule has 0 aromatic heterocycles. The molecule has 0 radical (unpaired) electrons. The third kappa shape index (κ3) is 9.28. The van der Waals surface area contributed by atoms with E-state index < -0.39 is 30.2 Å². The van der Waals surface area contributed by atoms with E-state index in [1.807, 2.05) is 13.8 Å².